The summed E-state index contributed by atoms with van der Waals surface area (Å²) in [5.41, 5.74) is 3.61. The zero-order valence-corrected chi connectivity index (χ0v) is 12.1. The molecule has 0 amide bonds. The number of aryl methyl sites for hydroxylation is 1. The van der Waals surface area contributed by atoms with Crippen LogP contribution >= 0.6 is 11.3 Å². The molecule has 2 nitrogen and oxygen atoms in total. The van der Waals surface area contributed by atoms with Crippen LogP contribution in [0.5, 0.6) is 0 Å². The van der Waals surface area contributed by atoms with Crippen molar-refractivity contribution in [3.05, 3.63) is 40.2 Å². The second kappa shape index (κ2) is 6.12. The first-order valence-corrected chi connectivity index (χ1v) is 7.29. The zero-order chi connectivity index (χ0) is 13.0. The molecule has 0 aliphatic rings. The van der Waals surface area contributed by atoms with Gasteiger partial charge < -0.3 is 5.32 Å². The van der Waals surface area contributed by atoms with Gasteiger partial charge in [0.05, 0.1) is 10.7 Å². The highest BCUT2D eigenvalue weighted by atomic mass is 32.1. The van der Waals surface area contributed by atoms with E-state index in [-0.39, 0.29) is 0 Å². The van der Waals surface area contributed by atoms with Gasteiger partial charge in [0.15, 0.2) is 0 Å². The predicted molar refractivity (Wildman–Crippen MR) is 79.2 cm³/mol. The third-order valence-corrected chi connectivity index (χ3v) is 4.14. The molecule has 0 aliphatic heterocycles. The van der Waals surface area contributed by atoms with Gasteiger partial charge in [0.2, 0.25) is 0 Å². The Hall–Kier alpha value is -1.19. The van der Waals surface area contributed by atoms with Gasteiger partial charge in [-0.1, -0.05) is 30.7 Å². The van der Waals surface area contributed by atoms with E-state index in [9.17, 15) is 0 Å². The highest BCUT2D eigenvalue weighted by molar-refractivity contribution is 7.10. The van der Waals surface area contributed by atoms with Gasteiger partial charge in [-0.3, -0.25) is 0 Å². The van der Waals surface area contributed by atoms with Gasteiger partial charge in [-0.2, -0.15) is 0 Å². The van der Waals surface area contributed by atoms with E-state index in [1.165, 1.54) is 16.1 Å². The number of nitrogens with zero attached hydrogens (tertiary/aromatic N) is 1. The van der Waals surface area contributed by atoms with Crippen molar-refractivity contribution >= 4 is 11.3 Å². The van der Waals surface area contributed by atoms with Crippen LogP contribution < -0.4 is 5.32 Å². The fourth-order valence-corrected chi connectivity index (χ4v) is 3.08. The van der Waals surface area contributed by atoms with Crippen molar-refractivity contribution in [1.82, 2.24) is 10.3 Å². The van der Waals surface area contributed by atoms with Crippen LogP contribution in [0.1, 0.15) is 29.8 Å². The van der Waals surface area contributed by atoms with Gasteiger partial charge in [-0.25, -0.2) is 4.98 Å². The molecule has 0 bridgehead atoms. The Morgan fingerprint density at radius 3 is 2.89 bits per heavy atom. The Kier molecular flexibility index (Phi) is 4.50. The van der Waals surface area contributed by atoms with Gasteiger partial charge in [0, 0.05) is 23.4 Å². The lowest BCUT2D eigenvalue weighted by Crippen LogP contribution is -2.16. The fourth-order valence-electron chi connectivity index (χ4n) is 2.06. The van der Waals surface area contributed by atoms with Gasteiger partial charge >= 0.3 is 0 Å². The van der Waals surface area contributed by atoms with E-state index in [0.29, 0.717) is 5.92 Å². The summed E-state index contributed by atoms with van der Waals surface area (Å²) in [6, 6.07) is 8.53. The van der Waals surface area contributed by atoms with Crippen LogP contribution in [0.15, 0.2) is 29.6 Å². The summed E-state index contributed by atoms with van der Waals surface area (Å²) in [6.07, 6.45) is 1.13. The molecule has 2 rings (SSSR count). The Bertz CT molecular complexity index is 505. The Morgan fingerprint density at radius 2 is 2.22 bits per heavy atom. The molecule has 1 atom stereocenters. The maximum Gasteiger partial charge on any atom is 0.0976 e. The summed E-state index contributed by atoms with van der Waals surface area (Å²) in [7, 11) is 2.00. The van der Waals surface area contributed by atoms with Crippen molar-refractivity contribution in [2.45, 2.75) is 26.2 Å². The lowest BCUT2D eigenvalue weighted by Gasteiger charge is -2.10. The molecule has 1 heterocycles. The lowest BCUT2D eigenvalue weighted by atomic mass is 10.1. The van der Waals surface area contributed by atoms with Crippen molar-refractivity contribution in [3.63, 3.8) is 0 Å². The van der Waals surface area contributed by atoms with Crippen LogP contribution in [0, 0.1) is 6.92 Å². The lowest BCUT2D eigenvalue weighted by molar-refractivity contribution is 0.609. The third-order valence-electron chi connectivity index (χ3n) is 3.13. The number of rotatable bonds is 5. The number of thiazole rings is 1. The van der Waals surface area contributed by atoms with Crippen LogP contribution in [0.4, 0.5) is 0 Å². The quantitative estimate of drug-likeness (QED) is 0.883. The molecule has 0 saturated carbocycles. The predicted octanol–water partition coefficient (Wildman–Crippen LogP) is 3.83. The Balaban J connectivity index is 2.24. The summed E-state index contributed by atoms with van der Waals surface area (Å²) in [5.74, 6) is 0.526. The molecule has 1 aromatic heterocycles. The maximum absolute atomic E-state index is 4.79. The largest absolute Gasteiger partial charge is 0.319 e. The SMILES string of the molecule is CCC(CNC)c1nc(-c2cccc(C)c2)cs1. The first kappa shape index (κ1) is 13.2. The molecule has 1 unspecified atom stereocenters. The zero-order valence-electron chi connectivity index (χ0n) is 11.2. The molecule has 1 aromatic carbocycles. The molecule has 3 heteroatoms. The third kappa shape index (κ3) is 2.98. The average molecular weight is 260 g/mol. The molecule has 18 heavy (non-hydrogen) atoms. The minimum Gasteiger partial charge on any atom is -0.319 e. The molecule has 2 aromatic rings. The summed E-state index contributed by atoms with van der Waals surface area (Å²) in [4.78, 5) is 4.79. The van der Waals surface area contributed by atoms with Crippen molar-refractivity contribution in [1.29, 1.82) is 0 Å². The topological polar surface area (TPSA) is 24.9 Å². The normalized spacial score (nSPS) is 12.6. The number of likely N-dealkylation sites (N-methyl/N-ethyl adjacent to an activating group) is 1. The van der Waals surface area contributed by atoms with E-state index in [4.69, 9.17) is 4.98 Å². The van der Waals surface area contributed by atoms with Crippen LogP contribution in [-0.2, 0) is 0 Å². The van der Waals surface area contributed by atoms with E-state index in [1.807, 2.05) is 7.05 Å². The number of aromatic nitrogens is 1. The van der Waals surface area contributed by atoms with Crippen LogP contribution in [-0.4, -0.2) is 18.6 Å². The van der Waals surface area contributed by atoms with Crippen LogP contribution in [0.3, 0.4) is 0 Å². The van der Waals surface area contributed by atoms with E-state index < -0.39 is 0 Å². The number of benzene rings is 1. The molecule has 0 aliphatic carbocycles. The maximum atomic E-state index is 4.79. The summed E-state index contributed by atoms with van der Waals surface area (Å²) in [5, 5.41) is 6.65. The van der Waals surface area contributed by atoms with Crippen LogP contribution in [0.25, 0.3) is 11.3 Å². The molecule has 0 spiro atoms. The van der Waals surface area contributed by atoms with Crippen molar-refractivity contribution in [2.75, 3.05) is 13.6 Å². The first-order valence-electron chi connectivity index (χ1n) is 6.41. The monoisotopic (exact) mass is 260 g/mol. The number of hydrogen-bond acceptors (Lipinski definition) is 3. The van der Waals surface area contributed by atoms with Gasteiger partial charge in [0.1, 0.15) is 0 Å². The highest BCUT2D eigenvalue weighted by Crippen LogP contribution is 2.28. The molecule has 0 fully saturated rings. The average Bonchev–Trinajstić information content (AvgIpc) is 2.85. The molecule has 1 N–H and O–H groups in total. The van der Waals surface area contributed by atoms with E-state index in [2.05, 4.69) is 48.8 Å². The van der Waals surface area contributed by atoms with Crippen molar-refractivity contribution in [3.8, 4) is 11.3 Å². The van der Waals surface area contributed by atoms with Crippen molar-refractivity contribution < 1.29 is 0 Å². The summed E-state index contributed by atoms with van der Waals surface area (Å²) >= 11 is 1.77. The van der Waals surface area contributed by atoms with E-state index in [0.717, 1.165) is 18.7 Å². The van der Waals surface area contributed by atoms with Crippen molar-refractivity contribution in [2.24, 2.45) is 0 Å². The second-order valence-electron chi connectivity index (χ2n) is 4.60. The first-order chi connectivity index (χ1) is 8.74. The molecule has 0 radical (unpaired) electrons. The Labute approximate surface area is 113 Å². The standard InChI is InChI=1S/C15H20N2S/c1-4-12(9-16-3)15-17-14(10-18-15)13-7-5-6-11(2)8-13/h5-8,10,12,16H,4,9H2,1-3H3. The van der Waals surface area contributed by atoms with Crippen LogP contribution in [0.2, 0.25) is 0 Å². The molecule has 96 valence electrons. The summed E-state index contributed by atoms with van der Waals surface area (Å²) in [6.45, 7) is 5.33. The van der Waals surface area contributed by atoms with E-state index in [1.54, 1.807) is 11.3 Å². The minimum atomic E-state index is 0.526. The molecular weight excluding hydrogens is 240 g/mol. The van der Waals surface area contributed by atoms with Gasteiger partial charge in [-0.05, 0) is 26.5 Å². The highest BCUT2D eigenvalue weighted by Gasteiger charge is 2.13. The number of nitrogens with one attached hydrogen (secondary N) is 1. The molecule has 0 saturated heterocycles. The Morgan fingerprint density at radius 1 is 1.39 bits per heavy atom. The van der Waals surface area contributed by atoms with Gasteiger partial charge in [-0.15, -0.1) is 11.3 Å². The molecular formula is C15H20N2S. The smallest absolute Gasteiger partial charge is 0.0976 e. The minimum absolute atomic E-state index is 0.526. The number of hydrogen-bond donors (Lipinski definition) is 1. The van der Waals surface area contributed by atoms with E-state index >= 15 is 0 Å². The van der Waals surface area contributed by atoms with Gasteiger partial charge in [0.25, 0.3) is 0 Å². The summed E-state index contributed by atoms with van der Waals surface area (Å²) < 4.78 is 0. The second-order valence-corrected chi connectivity index (χ2v) is 5.49. The fraction of sp³-hybridized carbons (Fsp3) is 0.400.